The second-order valence-electron chi connectivity index (χ2n) is 4.06. The summed E-state index contributed by atoms with van der Waals surface area (Å²) >= 11 is 5.76. The molecule has 0 aliphatic rings. The van der Waals surface area contributed by atoms with Gasteiger partial charge >= 0.3 is 7.12 Å². The van der Waals surface area contributed by atoms with Gasteiger partial charge in [0.05, 0.1) is 5.02 Å². The smallest absolute Gasteiger partial charge is 0.489 e. The Balaban J connectivity index is 2.11. The molecule has 0 radical (unpaired) electrons. The number of rotatable bonds is 4. The van der Waals surface area contributed by atoms with E-state index in [0.29, 0.717) is 5.56 Å². The van der Waals surface area contributed by atoms with Crippen LogP contribution in [0.5, 0.6) is 5.75 Å². The highest BCUT2D eigenvalue weighted by Crippen LogP contribution is 2.21. The predicted octanol–water partition coefficient (Wildman–Crippen LogP) is 1.88. The molecule has 2 aromatic rings. The molecule has 0 saturated heterocycles. The number of hydrogen-bond donors (Lipinski definition) is 2. The Kier molecular flexibility index (Phi) is 4.59. The summed E-state index contributed by atoms with van der Waals surface area (Å²) in [7, 11) is -1.89. The molecule has 0 aliphatic heterocycles. The molecule has 0 bridgehead atoms. The molecule has 2 aromatic carbocycles. The van der Waals surface area contributed by atoms with Crippen LogP contribution in [0.4, 0.5) is 8.78 Å². The second kappa shape index (κ2) is 6.22. The van der Waals surface area contributed by atoms with Crippen molar-refractivity contribution in [3.8, 4) is 5.75 Å². The normalized spacial score (nSPS) is 10.4. The van der Waals surface area contributed by atoms with Crippen LogP contribution < -0.4 is 10.2 Å². The van der Waals surface area contributed by atoms with Gasteiger partial charge in [-0.05, 0) is 12.1 Å². The van der Waals surface area contributed by atoms with Crippen molar-refractivity contribution in [2.24, 2.45) is 0 Å². The van der Waals surface area contributed by atoms with E-state index < -0.39 is 18.8 Å². The molecule has 0 atom stereocenters. The molecule has 0 amide bonds. The summed E-state index contributed by atoms with van der Waals surface area (Å²) in [4.78, 5) is 0. The number of hydrogen-bond acceptors (Lipinski definition) is 3. The standard InChI is InChI=1S/C13H10BClF2O3/c15-13-8(2-1-3-11(13)16)7-20-9-4-5-10(14(18)19)12(17)6-9/h1-6,18-19H,7H2. The zero-order valence-corrected chi connectivity index (χ0v) is 10.9. The van der Waals surface area contributed by atoms with E-state index in [1.54, 1.807) is 6.07 Å². The van der Waals surface area contributed by atoms with Crippen LogP contribution in [0.3, 0.4) is 0 Å². The van der Waals surface area contributed by atoms with Crippen LogP contribution in [0.25, 0.3) is 0 Å². The van der Waals surface area contributed by atoms with Crippen LogP contribution >= 0.6 is 11.6 Å². The molecule has 0 fully saturated rings. The van der Waals surface area contributed by atoms with Gasteiger partial charge in [-0.1, -0.05) is 29.8 Å². The molecule has 2 N–H and O–H groups in total. The van der Waals surface area contributed by atoms with E-state index in [2.05, 4.69) is 0 Å². The average molecular weight is 298 g/mol. The van der Waals surface area contributed by atoms with E-state index in [1.165, 1.54) is 24.3 Å². The lowest BCUT2D eigenvalue weighted by Crippen LogP contribution is -2.32. The fourth-order valence-electron chi connectivity index (χ4n) is 1.63. The van der Waals surface area contributed by atoms with Gasteiger partial charge in [0.15, 0.2) is 0 Å². The lowest BCUT2D eigenvalue weighted by molar-refractivity contribution is 0.304. The Morgan fingerprint density at radius 2 is 1.85 bits per heavy atom. The Bertz CT molecular complexity index is 623. The molecule has 0 spiro atoms. The third kappa shape index (κ3) is 3.28. The lowest BCUT2D eigenvalue weighted by Gasteiger charge is -2.09. The minimum Gasteiger partial charge on any atom is -0.489 e. The van der Waals surface area contributed by atoms with Gasteiger partial charge in [0.1, 0.15) is 24.0 Å². The first-order chi connectivity index (χ1) is 9.49. The average Bonchev–Trinajstić information content (AvgIpc) is 2.40. The van der Waals surface area contributed by atoms with Crippen molar-refractivity contribution in [1.29, 1.82) is 0 Å². The van der Waals surface area contributed by atoms with Crippen molar-refractivity contribution >= 4 is 24.2 Å². The molecule has 3 nitrogen and oxygen atoms in total. The molecule has 0 unspecified atom stereocenters. The van der Waals surface area contributed by atoms with Crippen LogP contribution in [0.15, 0.2) is 36.4 Å². The summed E-state index contributed by atoms with van der Waals surface area (Å²) in [5.74, 6) is -1.19. The van der Waals surface area contributed by atoms with Gasteiger partial charge < -0.3 is 14.8 Å². The zero-order chi connectivity index (χ0) is 14.7. The maximum absolute atomic E-state index is 13.5. The molecule has 2 rings (SSSR count). The fraction of sp³-hybridized carbons (Fsp3) is 0.0769. The van der Waals surface area contributed by atoms with Gasteiger partial charge in [0.2, 0.25) is 0 Å². The zero-order valence-electron chi connectivity index (χ0n) is 10.2. The first kappa shape index (κ1) is 14.8. The van der Waals surface area contributed by atoms with Gasteiger partial charge in [-0.15, -0.1) is 0 Å². The van der Waals surface area contributed by atoms with E-state index in [4.69, 9.17) is 26.4 Å². The molecule has 7 heteroatoms. The van der Waals surface area contributed by atoms with Gasteiger partial charge in [-0.3, -0.25) is 0 Å². The molecule has 104 valence electrons. The lowest BCUT2D eigenvalue weighted by atomic mass is 9.80. The molecule has 0 heterocycles. The van der Waals surface area contributed by atoms with Crippen molar-refractivity contribution in [2.75, 3.05) is 0 Å². The Morgan fingerprint density at radius 1 is 1.10 bits per heavy atom. The highest BCUT2D eigenvalue weighted by molar-refractivity contribution is 6.58. The topological polar surface area (TPSA) is 49.7 Å². The van der Waals surface area contributed by atoms with Crippen molar-refractivity contribution in [3.63, 3.8) is 0 Å². The van der Waals surface area contributed by atoms with Crippen LogP contribution in [0, 0.1) is 11.6 Å². The van der Waals surface area contributed by atoms with Crippen molar-refractivity contribution in [2.45, 2.75) is 6.61 Å². The van der Waals surface area contributed by atoms with E-state index >= 15 is 0 Å². The SMILES string of the molecule is OB(O)c1ccc(OCc2cccc(F)c2Cl)cc1F. The first-order valence-corrected chi connectivity index (χ1v) is 6.08. The van der Waals surface area contributed by atoms with E-state index in [0.717, 1.165) is 6.07 Å². The van der Waals surface area contributed by atoms with Crippen LogP contribution in [-0.4, -0.2) is 17.2 Å². The summed E-state index contributed by atoms with van der Waals surface area (Å²) < 4.78 is 32.0. The molecular formula is C13H10BClF2O3. The maximum Gasteiger partial charge on any atom is 0.491 e. The van der Waals surface area contributed by atoms with Crippen molar-refractivity contribution in [3.05, 3.63) is 58.6 Å². The first-order valence-electron chi connectivity index (χ1n) is 5.70. The van der Waals surface area contributed by atoms with E-state index in [-0.39, 0.29) is 22.8 Å². The van der Waals surface area contributed by atoms with Gasteiger partial charge in [0, 0.05) is 17.1 Å². The third-order valence-corrected chi connectivity index (χ3v) is 3.10. The number of ether oxygens (including phenoxy) is 1. The third-order valence-electron chi connectivity index (χ3n) is 2.68. The minimum atomic E-state index is -1.89. The molecule has 0 aliphatic carbocycles. The van der Waals surface area contributed by atoms with E-state index in [9.17, 15) is 8.78 Å². The van der Waals surface area contributed by atoms with Crippen molar-refractivity contribution < 1.29 is 23.6 Å². The summed E-state index contributed by atoms with van der Waals surface area (Å²) in [5, 5.41) is 17.7. The highest BCUT2D eigenvalue weighted by Gasteiger charge is 2.16. The maximum atomic E-state index is 13.5. The van der Waals surface area contributed by atoms with Crippen LogP contribution in [-0.2, 0) is 6.61 Å². The van der Waals surface area contributed by atoms with Crippen LogP contribution in [0.1, 0.15) is 5.56 Å². The predicted molar refractivity (Wildman–Crippen MR) is 72.0 cm³/mol. The summed E-state index contributed by atoms with van der Waals surface area (Å²) in [5.41, 5.74) is 0.180. The summed E-state index contributed by atoms with van der Waals surface area (Å²) in [6, 6.07) is 7.90. The van der Waals surface area contributed by atoms with Gasteiger partial charge in [0.25, 0.3) is 0 Å². The Hall–Kier alpha value is -1.63. The molecule has 0 aromatic heterocycles. The quantitative estimate of drug-likeness (QED) is 0.847. The minimum absolute atomic E-state index is 0.0307. The summed E-state index contributed by atoms with van der Waals surface area (Å²) in [6.07, 6.45) is 0. The highest BCUT2D eigenvalue weighted by atomic mass is 35.5. The second-order valence-corrected chi connectivity index (χ2v) is 4.44. The van der Waals surface area contributed by atoms with Crippen molar-refractivity contribution in [1.82, 2.24) is 0 Å². The fourth-order valence-corrected chi connectivity index (χ4v) is 1.81. The molecule has 0 saturated carbocycles. The Labute approximate surface area is 119 Å². The Morgan fingerprint density at radius 3 is 2.50 bits per heavy atom. The van der Waals surface area contributed by atoms with E-state index in [1.807, 2.05) is 0 Å². The monoisotopic (exact) mass is 298 g/mol. The number of halogens is 3. The van der Waals surface area contributed by atoms with Crippen LogP contribution in [0.2, 0.25) is 5.02 Å². The summed E-state index contributed by atoms with van der Waals surface area (Å²) in [6.45, 7) is -0.0307. The van der Waals surface area contributed by atoms with Gasteiger partial charge in [-0.2, -0.15) is 0 Å². The largest absolute Gasteiger partial charge is 0.491 e. The molecular weight excluding hydrogens is 288 g/mol. The van der Waals surface area contributed by atoms with Gasteiger partial charge in [-0.25, -0.2) is 8.78 Å². The number of benzene rings is 2. The molecule has 20 heavy (non-hydrogen) atoms.